The van der Waals surface area contributed by atoms with Gasteiger partial charge in [-0.2, -0.15) is 0 Å². The minimum atomic E-state index is 0.376. The van der Waals surface area contributed by atoms with Crippen molar-refractivity contribution in [2.24, 2.45) is 0 Å². The van der Waals surface area contributed by atoms with E-state index in [4.69, 9.17) is 9.15 Å². The molecule has 0 N–H and O–H groups in total. The molecule has 0 atom stereocenters. The van der Waals surface area contributed by atoms with Crippen LogP contribution in [0.1, 0.15) is 18.9 Å². The zero-order valence-electron chi connectivity index (χ0n) is 14.3. The Bertz CT molecular complexity index is 833. The maximum absolute atomic E-state index is 5.76. The van der Waals surface area contributed by atoms with Gasteiger partial charge >= 0.3 is 0 Å². The van der Waals surface area contributed by atoms with Crippen LogP contribution in [0.15, 0.2) is 34.9 Å². The Morgan fingerprint density at radius 1 is 1.04 bits per heavy atom. The topological polar surface area (TPSA) is 82.1 Å². The van der Waals surface area contributed by atoms with Gasteiger partial charge in [-0.15, -0.1) is 15.3 Å². The van der Waals surface area contributed by atoms with Crippen LogP contribution < -0.4 is 4.74 Å². The first-order chi connectivity index (χ1) is 12.2. The first kappa shape index (κ1) is 15.8. The molecule has 0 spiro atoms. The molecule has 0 unspecified atom stereocenters. The average molecular weight is 340 g/mol. The molecular weight excluding hydrogens is 320 g/mol. The molecule has 0 saturated carbocycles. The third kappa shape index (κ3) is 3.25. The Kier molecular flexibility index (Phi) is 4.19. The molecule has 1 aliphatic heterocycles. The third-order valence-electron chi connectivity index (χ3n) is 4.55. The smallest absolute Gasteiger partial charge is 0.270 e. The second-order valence-electron chi connectivity index (χ2n) is 6.26. The van der Waals surface area contributed by atoms with Gasteiger partial charge in [-0.3, -0.25) is 0 Å². The Hall–Kier alpha value is -2.74. The fourth-order valence-electron chi connectivity index (χ4n) is 2.99. The van der Waals surface area contributed by atoms with E-state index >= 15 is 0 Å². The van der Waals surface area contributed by atoms with Gasteiger partial charge in [0.2, 0.25) is 5.89 Å². The van der Waals surface area contributed by atoms with Crippen molar-refractivity contribution in [2.75, 3.05) is 27.2 Å². The van der Waals surface area contributed by atoms with Gasteiger partial charge in [0.1, 0.15) is 5.75 Å². The number of benzene rings is 1. The van der Waals surface area contributed by atoms with Gasteiger partial charge in [-0.25, -0.2) is 4.68 Å². The van der Waals surface area contributed by atoms with Gasteiger partial charge in [0.25, 0.3) is 5.89 Å². The Morgan fingerprint density at radius 2 is 1.76 bits per heavy atom. The molecular formula is C17H20N6O2. The molecule has 0 amide bonds. The molecule has 25 heavy (non-hydrogen) atoms. The molecule has 4 rings (SSSR count). The summed E-state index contributed by atoms with van der Waals surface area (Å²) < 4.78 is 12.8. The predicted molar refractivity (Wildman–Crippen MR) is 91.1 cm³/mol. The molecule has 2 aromatic heterocycles. The van der Waals surface area contributed by atoms with Crippen molar-refractivity contribution in [1.29, 1.82) is 0 Å². The van der Waals surface area contributed by atoms with Crippen LogP contribution in [0.2, 0.25) is 0 Å². The maximum Gasteiger partial charge on any atom is 0.270 e. The number of piperidine rings is 1. The molecule has 8 heteroatoms. The number of rotatable bonds is 4. The summed E-state index contributed by atoms with van der Waals surface area (Å²) >= 11 is 0. The van der Waals surface area contributed by atoms with Crippen molar-refractivity contribution < 1.29 is 9.15 Å². The molecule has 3 heterocycles. The van der Waals surface area contributed by atoms with Crippen LogP contribution in [-0.4, -0.2) is 57.3 Å². The number of nitrogens with zero attached hydrogens (tertiary/aromatic N) is 6. The number of aromatic nitrogens is 5. The second-order valence-corrected chi connectivity index (χ2v) is 6.26. The van der Waals surface area contributed by atoms with Crippen molar-refractivity contribution in [3.63, 3.8) is 0 Å². The van der Waals surface area contributed by atoms with Crippen LogP contribution in [0.3, 0.4) is 0 Å². The molecule has 1 aromatic carbocycles. The van der Waals surface area contributed by atoms with E-state index in [1.807, 2.05) is 35.1 Å². The zero-order valence-corrected chi connectivity index (χ0v) is 14.3. The van der Waals surface area contributed by atoms with Gasteiger partial charge in [-0.05, 0) is 57.2 Å². The van der Waals surface area contributed by atoms with Crippen molar-refractivity contribution in [2.45, 2.75) is 18.9 Å². The highest BCUT2D eigenvalue weighted by atomic mass is 16.5. The first-order valence-electron chi connectivity index (χ1n) is 8.31. The molecule has 1 aliphatic rings. The summed E-state index contributed by atoms with van der Waals surface area (Å²) in [7, 11) is 3.77. The minimum absolute atomic E-state index is 0.376. The first-order valence-corrected chi connectivity index (χ1v) is 8.31. The average Bonchev–Trinajstić information content (AvgIpc) is 3.32. The maximum atomic E-state index is 5.76. The van der Waals surface area contributed by atoms with E-state index in [1.54, 1.807) is 7.11 Å². The quantitative estimate of drug-likeness (QED) is 0.720. The van der Waals surface area contributed by atoms with Crippen LogP contribution in [0, 0.1) is 0 Å². The van der Waals surface area contributed by atoms with Gasteiger partial charge < -0.3 is 14.1 Å². The highest BCUT2D eigenvalue weighted by molar-refractivity contribution is 5.56. The van der Waals surface area contributed by atoms with Crippen LogP contribution in [-0.2, 0) is 0 Å². The van der Waals surface area contributed by atoms with E-state index in [0.29, 0.717) is 23.5 Å². The summed E-state index contributed by atoms with van der Waals surface area (Å²) in [5, 5.41) is 16.7. The number of likely N-dealkylation sites (tertiary alicyclic amines) is 1. The summed E-state index contributed by atoms with van der Waals surface area (Å²) in [6.07, 6.45) is 4.03. The Balaban J connectivity index is 1.52. The third-order valence-corrected chi connectivity index (χ3v) is 4.55. The number of methoxy groups -OCH3 is 1. The fraction of sp³-hybridized carbons (Fsp3) is 0.412. The number of hydrogen-bond donors (Lipinski definition) is 0. The Morgan fingerprint density at radius 3 is 2.48 bits per heavy atom. The molecule has 0 aliphatic carbocycles. The van der Waals surface area contributed by atoms with Gasteiger partial charge in [0.15, 0.2) is 5.69 Å². The van der Waals surface area contributed by atoms with Gasteiger partial charge in [0, 0.05) is 5.56 Å². The summed E-state index contributed by atoms with van der Waals surface area (Å²) in [6.45, 7) is 2.14. The van der Waals surface area contributed by atoms with Crippen LogP contribution in [0.4, 0.5) is 0 Å². The van der Waals surface area contributed by atoms with Crippen molar-refractivity contribution in [3.8, 4) is 28.8 Å². The predicted octanol–water partition coefficient (Wildman–Crippen LogP) is 2.27. The highest BCUT2D eigenvalue weighted by Crippen LogP contribution is 2.26. The summed E-state index contributed by atoms with van der Waals surface area (Å²) in [6, 6.07) is 7.85. The number of ether oxygens (including phenoxy) is 1. The molecule has 130 valence electrons. The fourth-order valence-corrected chi connectivity index (χ4v) is 2.99. The highest BCUT2D eigenvalue weighted by Gasteiger charge is 2.21. The normalized spacial score (nSPS) is 16.2. The van der Waals surface area contributed by atoms with E-state index in [9.17, 15) is 0 Å². The largest absolute Gasteiger partial charge is 0.497 e. The molecule has 0 radical (unpaired) electrons. The monoisotopic (exact) mass is 340 g/mol. The lowest BCUT2D eigenvalue weighted by Gasteiger charge is -2.28. The standard InChI is InChI=1S/C17H20N6O2/c1-22-9-7-13(8-10-22)23-11-15(18-21-23)17-20-19-16(25-17)12-3-5-14(24-2)6-4-12/h3-6,11,13H,7-10H2,1-2H3. The molecule has 3 aromatic rings. The van der Waals surface area contributed by atoms with Crippen LogP contribution in [0.5, 0.6) is 5.75 Å². The van der Waals surface area contributed by atoms with E-state index in [1.165, 1.54) is 0 Å². The van der Waals surface area contributed by atoms with Crippen molar-refractivity contribution in [1.82, 2.24) is 30.1 Å². The lowest BCUT2D eigenvalue weighted by molar-refractivity contribution is 0.210. The summed E-state index contributed by atoms with van der Waals surface area (Å²) in [5.41, 5.74) is 1.44. The van der Waals surface area contributed by atoms with Crippen molar-refractivity contribution >= 4 is 0 Å². The molecule has 1 fully saturated rings. The van der Waals surface area contributed by atoms with E-state index in [0.717, 1.165) is 37.2 Å². The second kappa shape index (κ2) is 6.64. The van der Waals surface area contributed by atoms with Gasteiger partial charge in [-0.1, -0.05) is 5.21 Å². The van der Waals surface area contributed by atoms with Gasteiger partial charge in [0.05, 0.1) is 19.3 Å². The van der Waals surface area contributed by atoms with Crippen molar-refractivity contribution in [3.05, 3.63) is 30.5 Å². The SMILES string of the molecule is COc1ccc(-c2nnc(-c3cn(C4CCN(C)CC4)nn3)o2)cc1. The van der Waals surface area contributed by atoms with E-state index in [-0.39, 0.29) is 0 Å². The Labute approximate surface area is 145 Å². The van der Waals surface area contributed by atoms with E-state index in [2.05, 4.69) is 32.5 Å². The lowest BCUT2D eigenvalue weighted by atomic mass is 10.1. The molecule has 1 saturated heterocycles. The minimum Gasteiger partial charge on any atom is -0.497 e. The van der Waals surface area contributed by atoms with E-state index < -0.39 is 0 Å². The summed E-state index contributed by atoms with van der Waals surface area (Å²) in [4.78, 5) is 2.33. The lowest BCUT2D eigenvalue weighted by Crippen LogP contribution is -2.31. The van der Waals surface area contributed by atoms with Crippen LogP contribution >= 0.6 is 0 Å². The number of hydrogen-bond acceptors (Lipinski definition) is 7. The molecule has 8 nitrogen and oxygen atoms in total. The molecule has 0 bridgehead atoms. The van der Waals surface area contributed by atoms with Crippen LogP contribution in [0.25, 0.3) is 23.0 Å². The summed E-state index contributed by atoms with van der Waals surface area (Å²) in [5.74, 6) is 1.61. The zero-order chi connectivity index (χ0) is 17.2.